The third-order valence-electron chi connectivity index (χ3n) is 4.36. The van der Waals surface area contributed by atoms with Crippen LogP contribution in [0.25, 0.3) is 0 Å². The monoisotopic (exact) mass is 425 g/mol. The number of rotatable bonds is 8. The van der Waals surface area contributed by atoms with Gasteiger partial charge in [-0.3, -0.25) is 9.59 Å². The lowest BCUT2D eigenvalue weighted by Crippen LogP contribution is -2.35. The zero-order chi connectivity index (χ0) is 20.9. The molecule has 0 saturated heterocycles. The highest BCUT2D eigenvalue weighted by Gasteiger charge is 2.23. The molecule has 7 nitrogen and oxygen atoms in total. The molecule has 1 aromatic heterocycles. The van der Waals surface area contributed by atoms with Crippen LogP contribution in [0.5, 0.6) is 0 Å². The summed E-state index contributed by atoms with van der Waals surface area (Å²) >= 11 is 5.86. The van der Waals surface area contributed by atoms with Gasteiger partial charge in [-0.2, -0.15) is 4.31 Å². The Hall–Kier alpha value is -2.16. The van der Waals surface area contributed by atoms with Gasteiger partial charge in [-0.05, 0) is 23.8 Å². The average molecular weight is 426 g/mol. The zero-order valence-electron chi connectivity index (χ0n) is 16.1. The van der Waals surface area contributed by atoms with Crippen molar-refractivity contribution in [3.05, 3.63) is 63.5 Å². The summed E-state index contributed by atoms with van der Waals surface area (Å²) in [5.74, 6) is -0.311. The summed E-state index contributed by atoms with van der Waals surface area (Å²) in [5.41, 5.74) is 0.456. The summed E-state index contributed by atoms with van der Waals surface area (Å²) in [6, 6.07) is 9.55. The summed E-state index contributed by atoms with van der Waals surface area (Å²) in [5, 5.41) is 0.607. The van der Waals surface area contributed by atoms with Gasteiger partial charge < -0.3 is 9.47 Å². The topological polar surface area (TPSA) is 79.7 Å². The van der Waals surface area contributed by atoms with Crippen LogP contribution in [0.4, 0.5) is 0 Å². The second kappa shape index (κ2) is 9.36. The molecule has 0 N–H and O–H groups in total. The molecule has 2 rings (SSSR count). The van der Waals surface area contributed by atoms with Crippen molar-refractivity contribution in [1.82, 2.24) is 13.8 Å². The maximum Gasteiger partial charge on any atom is 0.251 e. The Morgan fingerprint density at radius 1 is 1.07 bits per heavy atom. The number of aromatic nitrogens is 1. The first-order valence-electron chi connectivity index (χ1n) is 8.88. The largest absolute Gasteiger partial charge is 0.340 e. The first kappa shape index (κ1) is 22.1. The van der Waals surface area contributed by atoms with E-state index in [0.29, 0.717) is 24.7 Å². The minimum Gasteiger partial charge on any atom is -0.340 e. The number of carbonyl (C=O) groups excluding carboxylic acids is 1. The molecule has 0 aliphatic carbocycles. The van der Waals surface area contributed by atoms with E-state index in [0.717, 1.165) is 10.1 Å². The fourth-order valence-electron chi connectivity index (χ4n) is 2.72. The molecule has 2 aromatic rings. The van der Waals surface area contributed by atoms with Crippen molar-refractivity contribution in [3.63, 3.8) is 0 Å². The molecule has 0 unspecified atom stereocenters. The van der Waals surface area contributed by atoms with Gasteiger partial charge in [0.2, 0.25) is 15.9 Å². The van der Waals surface area contributed by atoms with Crippen LogP contribution in [-0.2, 0) is 27.9 Å². The van der Waals surface area contributed by atoms with Gasteiger partial charge in [0.15, 0.2) is 0 Å². The van der Waals surface area contributed by atoms with Crippen LogP contribution >= 0.6 is 11.6 Å². The van der Waals surface area contributed by atoms with Crippen LogP contribution in [0.15, 0.2) is 52.3 Å². The molecule has 1 aromatic carbocycles. The number of nitrogens with zero attached hydrogens (tertiary/aromatic N) is 3. The van der Waals surface area contributed by atoms with Crippen LogP contribution in [0.2, 0.25) is 5.02 Å². The summed E-state index contributed by atoms with van der Waals surface area (Å²) in [7, 11) is -2.09. The predicted molar refractivity (Wildman–Crippen MR) is 109 cm³/mol. The van der Waals surface area contributed by atoms with Crippen LogP contribution in [0, 0.1) is 0 Å². The average Bonchev–Trinajstić information content (AvgIpc) is 2.65. The molecular weight excluding hydrogens is 402 g/mol. The molecular formula is C19H24ClN3O4S. The fourth-order valence-corrected chi connectivity index (χ4v) is 4.32. The van der Waals surface area contributed by atoms with Crippen molar-refractivity contribution in [1.29, 1.82) is 0 Å². The van der Waals surface area contributed by atoms with E-state index < -0.39 is 15.6 Å². The van der Waals surface area contributed by atoms with E-state index in [1.807, 2.05) is 12.1 Å². The number of pyridine rings is 1. The van der Waals surface area contributed by atoms with Gasteiger partial charge >= 0.3 is 0 Å². The Morgan fingerprint density at radius 2 is 1.68 bits per heavy atom. The Bertz CT molecular complexity index is 983. The van der Waals surface area contributed by atoms with E-state index in [2.05, 4.69) is 0 Å². The fraction of sp³-hybridized carbons (Fsp3) is 0.368. The lowest BCUT2D eigenvalue weighted by atomic mass is 10.2. The Labute approximate surface area is 170 Å². The number of amides is 1. The molecule has 0 bridgehead atoms. The number of carbonyl (C=O) groups is 1. The highest BCUT2D eigenvalue weighted by molar-refractivity contribution is 7.89. The molecule has 9 heteroatoms. The molecule has 152 valence electrons. The molecule has 0 aliphatic rings. The lowest BCUT2D eigenvalue weighted by Gasteiger charge is -2.20. The van der Waals surface area contributed by atoms with E-state index in [9.17, 15) is 18.0 Å². The van der Waals surface area contributed by atoms with Crippen molar-refractivity contribution < 1.29 is 13.2 Å². The van der Waals surface area contributed by atoms with E-state index in [1.165, 1.54) is 27.5 Å². The number of likely N-dealkylation sites (N-methyl/N-ethyl adjacent to an activating group) is 1. The normalized spacial score (nSPS) is 11.6. The molecule has 1 heterocycles. The molecule has 1 amide bonds. The van der Waals surface area contributed by atoms with Crippen LogP contribution in [-0.4, -0.2) is 48.2 Å². The highest BCUT2D eigenvalue weighted by atomic mass is 35.5. The molecule has 0 aliphatic heterocycles. The summed E-state index contributed by atoms with van der Waals surface area (Å²) < 4.78 is 27.7. The maximum atomic E-state index is 12.7. The predicted octanol–water partition coefficient (Wildman–Crippen LogP) is 2.19. The van der Waals surface area contributed by atoms with E-state index in [1.54, 1.807) is 33.0 Å². The van der Waals surface area contributed by atoms with Crippen LogP contribution in [0.1, 0.15) is 19.4 Å². The lowest BCUT2D eigenvalue weighted by molar-refractivity contribution is -0.131. The number of benzene rings is 1. The minimum atomic E-state index is -3.71. The van der Waals surface area contributed by atoms with Crippen molar-refractivity contribution in [2.45, 2.75) is 31.8 Å². The molecule has 0 radical (unpaired) electrons. The van der Waals surface area contributed by atoms with E-state index in [4.69, 9.17) is 11.6 Å². The first-order valence-corrected chi connectivity index (χ1v) is 10.7. The van der Waals surface area contributed by atoms with Crippen molar-refractivity contribution >= 4 is 27.5 Å². The van der Waals surface area contributed by atoms with Gasteiger partial charge in [-0.15, -0.1) is 0 Å². The molecule has 0 fully saturated rings. The summed E-state index contributed by atoms with van der Waals surface area (Å²) in [4.78, 5) is 26.1. The van der Waals surface area contributed by atoms with Gasteiger partial charge in [-0.25, -0.2) is 8.42 Å². The standard InChI is InChI=1S/C19H24ClN3O4S/c1-4-23(5-2)28(26,27)17-10-11-18(24)22(13-17)14-19(25)21(3)12-15-6-8-16(20)9-7-15/h6-11,13H,4-5,12,14H2,1-3H3. The number of halogens is 1. The van der Waals surface area contributed by atoms with Gasteiger partial charge in [0, 0.05) is 44.0 Å². The number of sulfonamides is 1. The first-order chi connectivity index (χ1) is 13.2. The molecule has 0 saturated carbocycles. The van der Waals surface area contributed by atoms with Crippen molar-refractivity contribution in [2.24, 2.45) is 0 Å². The smallest absolute Gasteiger partial charge is 0.251 e. The third kappa shape index (κ3) is 5.21. The molecule has 0 atom stereocenters. The Morgan fingerprint density at radius 3 is 2.25 bits per heavy atom. The zero-order valence-corrected chi connectivity index (χ0v) is 17.7. The van der Waals surface area contributed by atoms with Gasteiger partial charge in [-0.1, -0.05) is 37.6 Å². The van der Waals surface area contributed by atoms with Crippen molar-refractivity contribution in [2.75, 3.05) is 20.1 Å². The third-order valence-corrected chi connectivity index (χ3v) is 6.65. The Balaban J connectivity index is 2.20. The summed E-state index contributed by atoms with van der Waals surface area (Å²) in [6.45, 7) is 4.23. The number of hydrogen-bond donors (Lipinski definition) is 0. The van der Waals surface area contributed by atoms with Gasteiger partial charge in [0.05, 0.1) is 4.90 Å². The van der Waals surface area contributed by atoms with Crippen molar-refractivity contribution in [3.8, 4) is 0 Å². The quantitative estimate of drug-likeness (QED) is 0.649. The SMILES string of the molecule is CCN(CC)S(=O)(=O)c1ccc(=O)n(CC(=O)N(C)Cc2ccc(Cl)cc2)c1. The second-order valence-corrected chi connectivity index (χ2v) is 8.67. The van der Waals surface area contributed by atoms with Gasteiger partial charge in [0.25, 0.3) is 5.56 Å². The molecule has 28 heavy (non-hydrogen) atoms. The van der Waals surface area contributed by atoms with Crippen LogP contribution < -0.4 is 5.56 Å². The second-order valence-electron chi connectivity index (χ2n) is 6.30. The maximum absolute atomic E-state index is 12.7. The number of hydrogen-bond acceptors (Lipinski definition) is 4. The van der Waals surface area contributed by atoms with E-state index >= 15 is 0 Å². The molecule has 0 spiro atoms. The summed E-state index contributed by atoms with van der Waals surface area (Å²) in [6.07, 6.45) is 1.23. The highest BCUT2D eigenvalue weighted by Crippen LogP contribution is 2.14. The Kier molecular flexibility index (Phi) is 7.40. The van der Waals surface area contributed by atoms with E-state index in [-0.39, 0.29) is 17.3 Å². The van der Waals surface area contributed by atoms with Crippen LogP contribution in [0.3, 0.4) is 0 Å². The van der Waals surface area contributed by atoms with Gasteiger partial charge in [0.1, 0.15) is 6.54 Å². The minimum absolute atomic E-state index is 0.0102.